The van der Waals surface area contributed by atoms with Gasteiger partial charge in [0.1, 0.15) is 5.69 Å². The molecule has 6 rings (SSSR count). The first-order valence-electron chi connectivity index (χ1n) is 12.9. The number of piperazine rings is 1. The van der Waals surface area contributed by atoms with E-state index in [0.717, 1.165) is 84.9 Å². The predicted molar refractivity (Wildman–Crippen MR) is 143 cm³/mol. The van der Waals surface area contributed by atoms with Crippen molar-refractivity contribution < 1.29 is 9.59 Å². The van der Waals surface area contributed by atoms with Gasteiger partial charge >= 0.3 is 0 Å². The van der Waals surface area contributed by atoms with Gasteiger partial charge < -0.3 is 14.4 Å². The monoisotopic (exact) mass is 480 g/mol. The Morgan fingerprint density at radius 2 is 1.28 bits per heavy atom. The van der Waals surface area contributed by atoms with E-state index in [9.17, 15) is 9.59 Å². The third-order valence-corrected chi connectivity index (χ3v) is 8.02. The van der Waals surface area contributed by atoms with Gasteiger partial charge in [-0.2, -0.15) is 0 Å². The average molecular weight is 481 g/mol. The number of aryl methyl sites for hydroxylation is 1. The van der Waals surface area contributed by atoms with E-state index in [1.807, 2.05) is 64.0 Å². The van der Waals surface area contributed by atoms with Crippen LogP contribution in [0.4, 0.5) is 0 Å². The summed E-state index contributed by atoms with van der Waals surface area (Å²) in [5.41, 5.74) is 1.58. The van der Waals surface area contributed by atoms with Crippen LogP contribution in [0.3, 0.4) is 0 Å². The lowest BCUT2D eigenvalue weighted by Gasteiger charge is -2.42. The number of hydrogen-bond acceptors (Lipinski definition) is 3. The number of aromatic nitrogens is 1. The van der Waals surface area contributed by atoms with Crippen molar-refractivity contribution in [2.24, 2.45) is 7.05 Å². The van der Waals surface area contributed by atoms with E-state index in [1.54, 1.807) is 0 Å². The average Bonchev–Trinajstić information content (AvgIpc) is 3.37. The van der Waals surface area contributed by atoms with Crippen LogP contribution in [-0.4, -0.2) is 76.4 Å². The number of hydrogen-bond donors (Lipinski definition) is 0. The number of piperidine rings is 1. The van der Waals surface area contributed by atoms with Crippen molar-refractivity contribution in [3.05, 3.63) is 84.2 Å². The smallest absolute Gasteiger partial charge is 0.270 e. The van der Waals surface area contributed by atoms with Crippen molar-refractivity contribution in [2.45, 2.75) is 18.9 Å². The molecular weight excluding hydrogens is 448 g/mol. The van der Waals surface area contributed by atoms with Gasteiger partial charge in [0, 0.05) is 58.6 Å². The van der Waals surface area contributed by atoms with Gasteiger partial charge in [-0.25, -0.2) is 0 Å². The summed E-state index contributed by atoms with van der Waals surface area (Å²) >= 11 is 0. The lowest BCUT2D eigenvalue weighted by Crippen LogP contribution is -2.54. The second-order valence-electron chi connectivity index (χ2n) is 10.0. The summed E-state index contributed by atoms with van der Waals surface area (Å²) in [7, 11) is 1.92. The first-order valence-corrected chi connectivity index (χ1v) is 12.9. The molecule has 2 saturated heterocycles. The fourth-order valence-electron chi connectivity index (χ4n) is 5.97. The molecule has 0 unspecified atom stereocenters. The summed E-state index contributed by atoms with van der Waals surface area (Å²) in [5.74, 6) is 0.254. The standard InChI is InChI=1S/C30H32N4O2/c1-31-14-6-11-27(31)29(35)33-15-12-24(13-16-33)32-17-19-34(20-18-32)30(36)28-25-9-4-2-7-22(25)21-23-8-3-5-10-26(23)28/h2-11,14,21,24H,12-13,15-20H2,1H3. The Bertz CT molecular complexity index is 1370. The Labute approximate surface area is 211 Å². The maximum atomic E-state index is 13.8. The van der Waals surface area contributed by atoms with E-state index in [0.29, 0.717) is 6.04 Å². The molecule has 2 fully saturated rings. The Morgan fingerprint density at radius 3 is 1.86 bits per heavy atom. The van der Waals surface area contributed by atoms with E-state index in [-0.39, 0.29) is 11.8 Å². The molecule has 2 aliphatic rings. The zero-order chi connectivity index (χ0) is 24.6. The molecule has 184 valence electrons. The number of carbonyl (C=O) groups is 2. The highest BCUT2D eigenvalue weighted by molar-refractivity contribution is 6.18. The molecule has 0 atom stereocenters. The van der Waals surface area contributed by atoms with E-state index in [2.05, 4.69) is 35.2 Å². The van der Waals surface area contributed by atoms with Crippen LogP contribution >= 0.6 is 0 Å². The van der Waals surface area contributed by atoms with Crippen molar-refractivity contribution in [3.63, 3.8) is 0 Å². The molecule has 0 N–H and O–H groups in total. The van der Waals surface area contributed by atoms with Crippen LogP contribution < -0.4 is 0 Å². The zero-order valence-electron chi connectivity index (χ0n) is 20.8. The molecule has 6 nitrogen and oxygen atoms in total. The van der Waals surface area contributed by atoms with Crippen LogP contribution in [0, 0.1) is 0 Å². The molecule has 2 aliphatic heterocycles. The summed E-state index contributed by atoms with van der Waals surface area (Å²) in [6.45, 7) is 4.80. The highest BCUT2D eigenvalue weighted by Crippen LogP contribution is 2.30. The molecule has 0 radical (unpaired) electrons. The Morgan fingerprint density at radius 1 is 0.694 bits per heavy atom. The summed E-state index contributed by atoms with van der Waals surface area (Å²) in [6, 6.07) is 22.9. The lowest BCUT2D eigenvalue weighted by atomic mass is 9.95. The maximum Gasteiger partial charge on any atom is 0.270 e. The van der Waals surface area contributed by atoms with Gasteiger partial charge in [0.05, 0.1) is 5.56 Å². The minimum absolute atomic E-state index is 0.124. The number of benzene rings is 3. The number of likely N-dealkylation sites (tertiary alicyclic amines) is 1. The van der Waals surface area contributed by atoms with Crippen molar-refractivity contribution in [3.8, 4) is 0 Å². The number of nitrogens with zero attached hydrogens (tertiary/aromatic N) is 4. The molecule has 36 heavy (non-hydrogen) atoms. The first kappa shape index (κ1) is 22.8. The van der Waals surface area contributed by atoms with Gasteiger partial charge in [-0.3, -0.25) is 14.5 Å². The van der Waals surface area contributed by atoms with E-state index < -0.39 is 0 Å². The summed E-state index contributed by atoms with van der Waals surface area (Å²) in [6.07, 6.45) is 3.89. The molecule has 3 aromatic carbocycles. The third kappa shape index (κ3) is 4.05. The summed E-state index contributed by atoms with van der Waals surface area (Å²) < 4.78 is 1.89. The molecule has 3 heterocycles. The van der Waals surface area contributed by atoms with Crippen molar-refractivity contribution >= 4 is 33.4 Å². The fraction of sp³-hybridized carbons (Fsp3) is 0.333. The Kier molecular flexibility index (Phi) is 5.97. The number of carbonyl (C=O) groups excluding carboxylic acids is 2. The first-order chi connectivity index (χ1) is 17.6. The maximum absolute atomic E-state index is 13.8. The normalized spacial score (nSPS) is 17.7. The van der Waals surface area contributed by atoms with E-state index in [4.69, 9.17) is 0 Å². The molecule has 2 amide bonds. The lowest BCUT2D eigenvalue weighted by molar-refractivity contribution is 0.0411. The summed E-state index contributed by atoms with van der Waals surface area (Å²) in [4.78, 5) is 33.2. The highest BCUT2D eigenvalue weighted by Gasteiger charge is 2.31. The Hall–Kier alpha value is -3.64. The van der Waals surface area contributed by atoms with Crippen LogP contribution in [0.2, 0.25) is 0 Å². The zero-order valence-corrected chi connectivity index (χ0v) is 20.8. The third-order valence-electron chi connectivity index (χ3n) is 8.02. The minimum Gasteiger partial charge on any atom is -0.347 e. The SMILES string of the molecule is Cn1cccc1C(=O)N1CCC(N2CCN(C(=O)c3c4ccccc4cc4ccccc34)CC2)CC1. The van der Waals surface area contributed by atoms with Gasteiger partial charge in [-0.15, -0.1) is 0 Å². The minimum atomic E-state index is 0.124. The molecule has 0 aliphatic carbocycles. The van der Waals surface area contributed by atoms with Crippen LogP contribution in [0.1, 0.15) is 33.7 Å². The molecule has 0 bridgehead atoms. The van der Waals surface area contributed by atoms with Crippen LogP contribution in [0.5, 0.6) is 0 Å². The van der Waals surface area contributed by atoms with Crippen LogP contribution in [0.25, 0.3) is 21.5 Å². The van der Waals surface area contributed by atoms with Crippen LogP contribution in [-0.2, 0) is 7.05 Å². The molecule has 6 heteroatoms. The van der Waals surface area contributed by atoms with Gasteiger partial charge in [0.15, 0.2) is 0 Å². The fourth-order valence-corrected chi connectivity index (χ4v) is 5.97. The Balaban J connectivity index is 1.12. The van der Waals surface area contributed by atoms with Crippen molar-refractivity contribution in [2.75, 3.05) is 39.3 Å². The van der Waals surface area contributed by atoms with Gasteiger partial charge in [-0.05, 0) is 52.6 Å². The topological polar surface area (TPSA) is 48.8 Å². The van der Waals surface area contributed by atoms with Gasteiger partial charge in [0.25, 0.3) is 11.8 Å². The molecular formula is C30H32N4O2. The van der Waals surface area contributed by atoms with E-state index >= 15 is 0 Å². The predicted octanol–water partition coefficient (Wildman–Crippen LogP) is 4.39. The van der Waals surface area contributed by atoms with Crippen LogP contribution in [0.15, 0.2) is 72.9 Å². The molecule has 0 saturated carbocycles. The summed E-state index contributed by atoms with van der Waals surface area (Å²) in [5, 5.41) is 4.27. The number of amides is 2. The number of fused-ring (bicyclic) bond motifs is 2. The van der Waals surface area contributed by atoms with Crippen molar-refractivity contribution in [1.82, 2.24) is 19.3 Å². The second kappa shape index (κ2) is 9.43. The van der Waals surface area contributed by atoms with E-state index in [1.165, 1.54) is 0 Å². The van der Waals surface area contributed by atoms with Gasteiger partial charge in [-0.1, -0.05) is 48.5 Å². The van der Waals surface area contributed by atoms with Gasteiger partial charge in [0.2, 0.25) is 0 Å². The molecule has 0 spiro atoms. The second-order valence-corrected chi connectivity index (χ2v) is 10.0. The number of rotatable bonds is 3. The van der Waals surface area contributed by atoms with Crippen molar-refractivity contribution in [1.29, 1.82) is 0 Å². The molecule has 4 aromatic rings. The largest absolute Gasteiger partial charge is 0.347 e. The molecule has 1 aromatic heterocycles. The highest BCUT2D eigenvalue weighted by atomic mass is 16.2. The quantitative estimate of drug-likeness (QED) is 0.409.